The zero-order valence-electron chi connectivity index (χ0n) is 16.3. The van der Waals surface area contributed by atoms with Gasteiger partial charge in [-0.25, -0.2) is 9.78 Å². The van der Waals surface area contributed by atoms with Crippen molar-refractivity contribution in [2.24, 2.45) is 11.5 Å². The summed E-state index contributed by atoms with van der Waals surface area (Å²) >= 11 is 1.19. The van der Waals surface area contributed by atoms with Crippen LogP contribution in [0.25, 0.3) is 10.6 Å². The van der Waals surface area contributed by atoms with Gasteiger partial charge in [-0.15, -0.1) is 17.9 Å². The molecule has 0 spiro atoms. The summed E-state index contributed by atoms with van der Waals surface area (Å²) in [5.74, 6) is -2.13. The molecule has 31 heavy (non-hydrogen) atoms. The number of hydrogen-bond donors (Lipinski definition) is 4. The highest BCUT2D eigenvalue weighted by Crippen LogP contribution is 2.29. The van der Waals surface area contributed by atoms with Crippen LogP contribution < -0.4 is 26.8 Å². The smallest absolute Gasteiger partial charge is 0.409 e. The first-order chi connectivity index (χ1) is 14.6. The van der Waals surface area contributed by atoms with E-state index < -0.39 is 23.8 Å². The predicted molar refractivity (Wildman–Crippen MR) is 115 cm³/mol. The van der Waals surface area contributed by atoms with Crippen LogP contribution in [-0.4, -0.2) is 28.8 Å². The van der Waals surface area contributed by atoms with E-state index in [0.29, 0.717) is 28.3 Å². The summed E-state index contributed by atoms with van der Waals surface area (Å²) in [5.41, 5.74) is 10.8. The van der Waals surface area contributed by atoms with Crippen LogP contribution in [0.5, 0.6) is 5.75 Å². The second-order valence-electron chi connectivity index (χ2n) is 6.00. The Bertz CT molecular complexity index is 1110. The maximum atomic E-state index is 12.4. The van der Waals surface area contributed by atoms with Gasteiger partial charge in [-0.1, -0.05) is 19.2 Å². The third-order valence-electron chi connectivity index (χ3n) is 3.72. The average molecular weight is 441 g/mol. The Kier molecular flexibility index (Phi) is 7.42. The van der Waals surface area contributed by atoms with E-state index in [1.54, 1.807) is 24.3 Å². The molecule has 0 unspecified atom stereocenters. The van der Waals surface area contributed by atoms with E-state index in [4.69, 9.17) is 16.2 Å². The van der Waals surface area contributed by atoms with Gasteiger partial charge in [0.2, 0.25) is 0 Å². The fourth-order valence-corrected chi connectivity index (χ4v) is 3.08. The van der Waals surface area contributed by atoms with Gasteiger partial charge in [0.15, 0.2) is 0 Å². The summed E-state index contributed by atoms with van der Waals surface area (Å²) in [5, 5.41) is 6.41. The molecule has 0 bridgehead atoms. The van der Waals surface area contributed by atoms with Crippen LogP contribution in [0.2, 0.25) is 0 Å². The van der Waals surface area contributed by atoms with Gasteiger partial charge in [0.05, 0.1) is 11.4 Å². The van der Waals surface area contributed by atoms with Crippen LogP contribution in [0, 0.1) is 0 Å². The van der Waals surface area contributed by atoms with Gasteiger partial charge < -0.3 is 26.8 Å². The maximum Gasteiger partial charge on any atom is 0.409 e. The summed E-state index contributed by atoms with van der Waals surface area (Å²) in [6, 6.07) is 4.97. The number of amides is 4. The number of carbonyl (C=O) groups is 4. The molecule has 0 aliphatic carbocycles. The molecule has 160 valence electrons. The Balaban J connectivity index is 2.15. The number of carbonyl (C=O) groups excluding carboxylic acids is 4. The monoisotopic (exact) mass is 441 g/mol. The fraction of sp³-hybridized carbons (Fsp3) is 0.0500. The molecule has 1 aromatic carbocycles. The van der Waals surface area contributed by atoms with E-state index in [-0.39, 0.29) is 17.1 Å². The molecule has 2 rings (SSSR count). The first kappa shape index (κ1) is 23.0. The van der Waals surface area contributed by atoms with Gasteiger partial charge in [-0.2, -0.15) is 0 Å². The minimum absolute atomic E-state index is 0.0467. The van der Waals surface area contributed by atoms with Crippen molar-refractivity contribution < 1.29 is 23.9 Å². The quantitative estimate of drug-likeness (QED) is 0.338. The number of aromatic nitrogens is 1. The largest absolute Gasteiger partial charge is 0.410 e. The molecule has 10 nitrogen and oxygen atoms in total. The zero-order valence-corrected chi connectivity index (χ0v) is 17.1. The van der Waals surface area contributed by atoms with Crippen LogP contribution in [0.3, 0.4) is 0 Å². The zero-order chi connectivity index (χ0) is 23.1. The van der Waals surface area contributed by atoms with E-state index in [2.05, 4.69) is 35.4 Å². The lowest BCUT2D eigenvalue weighted by Crippen LogP contribution is -2.36. The summed E-state index contributed by atoms with van der Waals surface area (Å²) in [6.07, 6.45) is 1.12. The predicted octanol–water partition coefficient (Wildman–Crippen LogP) is 1.35. The van der Waals surface area contributed by atoms with E-state index in [1.807, 2.05) is 0 Å². The summed E-state index contributed by atoms with van der Waals surface area (Å²) < 4.78 is 4.97. The highest BCUT2D eigenvalue weighted by molar-refractivity contribution is 7.13. The number of nitrogens with one attached hydrogen (secondary N) is 2. The third kappa shape index (κ3) is 6.11. The summed E-state index contributed by atoms with van der Waals surface area (Å²) in [4.78, 5) is 50.5. The van der Waals surface area contributed by atoms with Crippen molar-refractivity contribution in [3.05, 3.63) is 72.0 Å². The van der Waals surface area contributed by atoms with Crippen LogP contribution >= 0.6 is 11.3 Å². The molecule has 1 heterocycles. The molecule has 4 amide bonds. The number of hydrogen-bond acceptors (Lipinski definition) is 7. The van der Waals surface area contributed by atoms with Crippen LogP contribution in [0.15, 0.2) is 60.8 Å². The number of allylic oxidation sites excluding steroid dienone is 1. The molecule has 1 aromatic heterocycles. The van der Waals surface area contributed by atoms with Gasteiger partial charge in [0, 0.05) is 10.9 Å². The molecule has 2 aromatic rings. The molecule has 0 aliphatic heterocycles. The van der Waals surface area contributed by atoms with E-state index in [1.165, 1.54) is 16.7 Å². The van der Waals surface area contributed by atoms with Gasteiger partial charge in [0.1, 0.15) is 16.5 Å². The normalized spacial score (nSPS) is 9.94. The van der Waals surface area contributed by atoms with Gasteiger partial charge in [0.25, 0.3) is 17.7 Å². The number of thiazole rings is 1. The Morgan fingerprint density at radius 1 is 1.13 bits per heavy atom. The fourth-order valence-electron chi connectivity index (χ4n) is 2.28. The number of nitrogens with two attached hydrogens (primary N) is 2. The van der Waals surface area contributed by atoms with Crippen molar-refractivity contribution in [1.29, 1.82) is 0 Å². The molecule has 11 heteroatoms. The number of rotatable bonds is 9. The van der Waals surface area contributed by atoms with Crippen molar-refractivity contribution in [3.63, 3.8) is 0 Å². The standard InChI is InChI=1S/C20H19N5O5S/c1-4-5-12-8-13(6-7-15(12)30-20(22)29)19-25-14(9-31-19)18(28)24-11(3)17(27)23-10(2)16(21)26/h4,6-9H,1-3,5H2,(H2,21,26)(H2,22,29)(H,23,27)(H,24,28). The number of ether oxygens (including phenoxy) is 1. The molecular weight excluding hydrogens is 422 g/mol. The lowest BCUT2D eigenvalue weighted by molar-refractivity contribution is -0.120. The molecular formula is C20H19N5O5S. The van der Waals surface area contributed by atoms with Crippen molar-refractivity contribution >= 4 is 35.2 Å². The van der Waals surface area contributed by atoms with Crippen LogP contribution in [-0.2, 0) is 16.0 Å². The molecule has 0 atom stereocenters. The van der Waals surface area contributed by atoms with Crippen molar-refractivity contribution in [3.8, 4) is 16.3 Å². The lowest BCUT2D eigenvalue weighted by Gasteiger charge is -2.09. The molecule has 0 saturated carbocycles. The van der Waals surface area contributed by atoms with Crippen molar-refractivity contribution in [1.82, 2.24) is 15.6 Å². The topological polar surface area (TPSA) is 166 Å². The van der Waals surface area contributed by atoms with Crippen molar-refractivity contribution in [2.45, 2.75) is 6.42 Å². The van der Waals surface area contributed by atoms with Gasteiger partial charge >= 0.3 is 6.09 Å². The average Bonchev–Trinajstić information content (AvgIpc) is 3.19. The third-order valence-corrected chi connectivity index (χ3v) is 4.61. The van der Waals surface area contributed by atoms with E-state index >= 15 is 0 Å². The van der Waals surface area contributed by atoms with Crippen molar-refractivity contribution in [2.75, 3.05) is 0 Å². The minimum atomic E-state index is -0.935. The lowest BCUT2D eigenvalue weighted by atomic mass is 10.1. The number of primary amides is 2. The summed E-state index contributed by atoms with van der Waals surface area (Å²) in [6.45, 7) is 10.4. The Morgan fingerprint density at radius 3 is 2.45 bits per heavy atom. The Labute approximate surface area is 181 Å². The van der Waals surface area contributed by atoms with E-state index in [9.17, 15) is 19.2 Å². The van der Waals surface area contributed by atoms with Gasteiger partial charge in [-0.3, -0.25) is 14.4 Å². The number of nitrogens with zero attached hydrogens (tertiary/aromatic N) is 1. The van der Waals surface area contributed by atoms with Crippen LogP contribution in [0.4, 0.5) is 4.79 Å². The first-order valence-electron chi connectivity index (χ1n) is 8.59. The maximum absolute atomic E-state index is 12.4. The molecule has 0 saturated heterocycles. The molecule has 0 aliphatic rings. The van der Waals surface area contributed by atoms with Gasteiger partial charge in [-0.05, 0) is 30.2 Å². The molecule has 0 radical (unpaired) electrons. The second-order valence-corrected chi connectivity index (χ2v) is 6.86. The first-order valence-corrected chi connectivity index (χ1v) is 9.47. The van der Waals surface area contributed by atoms with Crippen LogP contribution in [0.1, 0.15) is 16.1 Å². The molecule has 6 N–H and O–H groups in total. The highest BCUT2D eigenvalue weighted by Gasteiger charge is 2.18. The SMILES string of the molecule is C=CCc1cc(-c2nc(C(=O)NC(=C)C(=O)NC(=C)C(N)=O)cs2)ccc1OC(N)=O. The highest BCUT2D eigenvalue weighted by atomic mass is 32.1. The van der Waals surface area contributed by atoms with E-state index in [0.717, 1.165) is 0 Å². The molecule has 0 fully saturated rings. The minimum Gasteiger partial charge on any atom is -0.410 e. The summed E-state index contributed by atoms with van der Waals surface area (Å²) in [7, 11) is 0. The Hall–Kier alpha value is -4.25. The number of benzene rings is 1. The second kappa shape index (κ2) is 9.98. The Morgan fingerprint density at radius 2 is 1.84 bits per heavy atom.